The van der Waals surface area contributed by atoms with E-state index in [0.717, 1.165) is 56.8 Å². The van der Waals surface area contributed by atoms with E-state index in [-0.39, 0.29) is 34.7 Å². The minimum atomic E-state index is -0.300. The summed E-state index contributed by atoms with van der Waals surface area (Å²) in [5.41, 5.74) is 0.286. The molecular weight excluding hydrogens is 402 g/mol. The van der Waals surface area contributed by atoms with E-state index in [1.165, 1.54) is 38.5 Å². The predicted octanol–water partition coefficient (Wildman–Crippen LogP) is 4.68. The van der Waals surface area contributed by atoms with Crippen molar-refractivity contribution in [2.45, 2.75) is 103 Å². The number of fused-ring (bicyclic) bond motifs is 6. The van der Waals surface area contributed by atoms with Gasteiger partial charge in [0.2, 0.25) is 0 Å². The number of hydrogen-bond donors (Lipinski definition) is 1. The van der Waals surface area contributed by atoms with Crippen molar-refractivity contribution in [2.24, 2.45) is 40.4 Å². The van der Waals surface area contributed by atoms with Gasteiger partial charge in [0.15, 0.2) is 5.79 Å². The van der Waals surface area contributed by atoms with Gasteiger partial charge in [-0.3, -0.25) is 4.79 Å². The molecule has 0 aromatic heterocycles. The fourth-order valence-corrected chi connectivity index (χ4v) is 9.65. The summed E-state index contributed by atoms with van der Waals surface area (Å²) < 4.78 is 18.9. The minimum absolute atomic E-state index is 0.0233. The maximum absolute atomic E-state index is 12.8. The van der Waals surface area contributed by atoms with Crippen LogP contribution < -0.4 is 5.32 Å². The van der Waals surface area contributed by atoms with Crippen molar-refractivity contribution in [3.05, 3.63) is 0 Å². The number of nitrogens with one attached hydrogen (secondary N) is 1. The number of esters is 1. The number of carbonyl (C=O) groups excluding carboxylic acids is 1. The first-order chi connectivity index (χ1) is 15.2. The maximum Gasteiger partial charge on any atom is 0.323 e. The Balaban J connectivity index is 1.21. The lowest BCUT2D eigenvalue weighted by atomic mass is 9.44. The number of carbonyl (C=O) groups is 1. The Bertz CT molecular complexity index is 778. The molecule has 6 rings (SSSR count). The molecule has 8 atom stereocenters. The molecule has 2 spiro atoms. The summed E-state index contributed by atoms with van der Waals surface area (Å²) in [6.07, 6.45) is 10.8. The van der Waals surface area contributed by atoms with E-state index < -0.39 is 0 Å². The van der Waals surface area contributed by atoms with E-state index in [1.807, 2.05) is 0 Å². The first-order valence-corrected chi connectivity index (χ1v) is 13.5. The van der Waals surface area contributed by atoms with Crippen molar-refractivity contribution in [1.29, 1.82) is 0 Å². The third kappa shape index (κ3) is 2.83. The molecule has 0 bridgehead atoms. The summed E-state index contributed by atoms with van der Waals surface area (Å²) in [6.45, 7) is 11.6. The van der Waals surface area contributed by atoms with Crippen LogP contribution in [0.1, 0.15) is 85.5 Å². The highest BCUT2D eigenvalue weighted by molar-refractivity contribution is 5.77. The largest absolute Gasteiger partial charge is 0.457 e. The van der Waals surface area contributed by atoms with Crippen LogP contribution in [0.15, 0.2) is 0 Å². The normalized spacial score (nSPS) is 52.0. The first-order valence-electron chi connectivity index (χ1n) is 13.5. The topological polar surface area (TPSA) is 56.8 Å². The van der Waals surface area contributed by atoms with Gasteiger partial charge in [-0.05, 0) is 86.4 Å². The fourth-order valence-electron chi connectivity index (χ4n) is 9.65. The lowest BCUT2D eigenvalue weighted by Gasteiger charge is -2.63. The zero-order valence-corrected chi connectivity index (χ0v) is 20.6. The lowest BCUT2D eigenvalue weighted by Crippen LogP contribution is -2.64. The van der Waals surface area contributed by atoms with Crippen molar-refractivity contribution in [1.82, 2.24) is 5.32 Å². The van der Waals surface area contributed by atoms with Crippen LogP contribution >= 0.6 is 0 Å². The molecule has 6 aliphatic rings. The zero-order chi connectivity index (χ0) is 22.4. The van der Waals surface area contributed by atoms with Gasteiger partial charge in [0.1, 0.15) is 11.6 Å². The summed E-state index contributed by atoms with van der Waals surface area (Å²) in [5.74, 6) is 2.95. The molecule has 1 N–H and O–H groups in total. The van der Waals surface area contributed by atoms with E-state index in [0.29, 0.717) is 11.3 Å². The molecule has 5 nitrogen and oxygen atoms in total. The fraction of sp³-hybridized carbons (Fsp3) is 0.963. The van der Waals surface area contributed by atoms with Crippen LogP contribution in [0.25, 0.3) is 0 Å². The Morgan fingerprint density at radius 1 is 0.938 bits per heavy atom. The quantitative estimate of drug-likeness (QED) is 0.594. The summed E-state index contributed by atoms with van der Waals surface area (Å²) in [5, 5.41) is 3.55. The Morgan fingerprint density at radius 2 is 1.69 bits per heavy atom. The number of morpholine rings is 1. The number of ether oxygens (including phenoxy) is 3. The highest BCUT2D eigenvalue weighted by Crippen LogP contribution is 2.70. The van der Waals surface area contributed by atoms with Gasteiger partial charge in [-0.1, -0.05) is 27.7 Å². The highest BCUT2D eigenvalue weighted by Gasteiger charge is 2.68. The van der Waals surface area contributed by atoms with E-state index >= 15 is 0 Å². The van der Waals surface area contributed by atoms with E-state index in [1.54, 1.807) is 0 Å². The molecule has 180 valence electrons. The van der Waals surface area contributed by atoms with Crippen LogP contribution in [0.3, 0.4) is 0 Å². The molecule has 2 aliphatic heterocycles. The molecule has 0 amide bonds. The second kappa shape index (κ2) is 7.18. The maximum atomic E-state index is 12.8. The third-order valence-corrected chi connectivity index (χ3v) is 11.5. The van der Waals surface area contributed by atoms with Crippen molar-refractivity contribution in [3.8, 4) is 0 Å². The smallest absolute Gasteiger partial charge is 0.323 e. The summed E-state index contributed by atoms with van der Waals surface area (Å²) in [6, 6.07) is -0.143. The Labute approximate surface area is 193 Å². The molecule has 4 saturated carbocycles. The second-order valence-electron chi connectivity index (χ2n) is 13.0. The van der Waals surface area contributed by atoms with Gasteiger partial charge < -0.3 is 19.5 Å². The highest BCUT2D eigenvalue weighted by atomic mass is 16.7. The SMILES string of the molecule is CC(C)[C@H]1NC[C@]2(CC[C@@]3(C)[C@@H](CC[C@@H]4[C@@H]3CC[C@@]3(C)[C@H]4CCC34OCCO4)C2)OC1=O. The van der Waals surface area contributed by atoms with Gasteiger partial charge in [0.05, 0.1) is 13.2 Å². The predicted molar refractivity (Wildman–Crippen MR) is 122 cm³/mol. The van der Waals surface area contributed by atoms with Gasteiger partial charge in [0.25, 0.3) is 0 Å². The average molecular weight is 446 g/mol. The van der Waals surface area contributed by atoms with Crippen molar-refractivity contribution in [3.63, 3.8) is 0 Å². The first kappa shape index (κ1) is 21.9. The van der Waals surface area contributed by atoms with Crippen LogP contribution in [0.4, 0.5) is 0 Å². The number of hydrogen-bond acceptors (Lipinski definition) is 5. The van der Waals surface area contributed by atoms with Crippen LogP contribution in [-0.4, -0.2) is 43.2 Å². The molecule has 2 saturated heterocycles. The molecule has 0 aromatic carbocycles. The summed E-state index contributed by atoms with van der Waals surface area (Å²) in [7, 11) is 0. The van der Waals surface area contributed by atoms with Crippen LogP contribution in [0, 0.1) is 40.4 Å². The molecule has 2 heterocycles. The summed E-state index contributed by atoms with van der Waals surface area (Å²) >= 11 is 0. The lowest BCUT2D eigenvalue weighted by molar-refractivity contribution is -0.250. The molecule has 32 heavy (non-hydrogen) atoms. The van der Waals surface area contributed by atoms with Gasteiger partial charge >= 0.3 is 5.97 Å². The second-order valence-corrected chi connectivity index (χ2v) is 13.0. The Morgan fingerprint density at radius 3 is 2.41 bits per heavy atom. The van der Waals surface area contributed by atoms with Crippen LogP contribution in [-0.2, 0) is 19.0 Å². The van der Waals surface area contributed by atoms with Gasteiger partial charge in [-0.15, -0.1) is 0 Å². The zero-order valence-electron chi connectivity index (χ0n) is 20.6. The molecule has 0 radical (unpaired) electrons. The monoisotopic (exact) mass is 445 g/mol. The third-order valence-electron chi connectivity index (χ3n) is 11.5. The van der Waals surface area contributed by atoms with Crippen molar-refractivity contribution in [2.75, 3.05) is 19.8 Å². The Hall–Kier alpha value is -0.650. The molecular formula is C27H43NO4. The molecule has 4 aliphatic carbocycles. The summed E-state index contributed by atoms with van der Waals surface area (Å²) in [4.78, 5) is 12.8. The minimum Gasteiger partial charge on any atom is -0.457 e. The standard InChI is InChI=1S/C27H43NO4/c1-17(2)22-23(29)32-26(16-28-22)12-11-24(3)18(15-26)5-6-19-20(24)7-9-25(4)21(19)8-10-27(25)30-13-14-31-27/h17-22,28H,5-16H2,1-4H3/t18-,19+,20-,21-,22+,24-,25-,26+/m0/s1. The van der Waals surface area contributed by atoms with Crippen molar-refractivity contribution < 1.29 is 19.0 Å². The van der Waals surface area contributed by atoms with Gasteiger partial charge in [-0.2, -0.15) is 0 Å². The van der Waals surface area contributed by atoms with Crippen molar-refractivity contribution >= 4 is 5.97 Å². The van der Waals surface area contributed by atoms with Gasteiger partial charge in [0, 0.05) is 18.4 Å². The van der Waals surface area contributed by atoms with Crippen LogP contribution in [0.2, 0.25) is 0 Å². The molecule has 0 aromatic rings. The molecule has 6 fully saturated rings. The number of rotatable bonds is 1. The van der Waals surface area contributed by atoms with Gasteiger partial charge in [-0.25, -0.2) is 0 Å². The van der Waals surface area contributed by atoms with E-state index in [4.69, 9.17) is 14.2 Å². The Kier molecular flexibility index (Phi) is 4.90. The van der Waals surface area contributed by atoms with E-state index in [9.17, 15) is 4.79 Å². The average Bonchev–Trinajstić information content (AvgIpc) is 3.35. The molecule has 5 heteroatoms. The van der Waals surface area contributed by atoms with E-state index in [2.05, 4.69) is 33.0 Å². The molecule has 0 unspecified atom stereocenters. The van der Waals surface area contributed by atoms with Crippen LogP contribution in [0.5, 0.6) is 0 Å².